The number of nitrogens with zero attached hydrogens (tertiary/aromatic N) is 5. The Balaban J connectivity index is 1.50. The first-order valence-electron chi connectivity index (χ1n) is 8.28. The normalized spacial score (nSPS) is 21.0. The van der Waals surface area contributed by atoms with Crippen LogP contribution in [-0.2, 0) is 17.8 Å². The Morgan fingerprint density at radius 1 is 1.38 bits per heavy atom. The predicted octanol–water partition coefficient (Wildman–Crippen LogP) is 0.347. The van der Waals surface area contributed by atoms with Crippen molar-refractivity contribution in [2.45, 2.75) is 50.8 Å². The van der Waals surface area contributed by atoms with Gasteiger partial charge in [0, 0.05) is 31.4 Å². The topological polar surface area (TPSA) is 106 Å². The third-order valence-electron chi connectivity index (χ3n) is 4.45. The summed E-state index contributed by atoms with van der Waals surface area (Å²) in [6, 6.07) is 3.98. The zero-order valence-electron chi connectivity index (χ0n) is 13.5. The van der Waals surface area contributed by atoms with Gasteiger partial charge in [-0.3, -0.25) is 9.78 Å². The molecule has 2 N–H and O–H groups in total. The Bertz CT molecular complexity index is 627. The zero-order valence-corrected chi connectivity index (χ0v) is 13.5. The monoisotopic (exact) mass is 330 g/mol. The summed E-state index contributed by atoms with van der Waals surface area (Å²) < 4.78 is 1.62. The van der Waals surface area contributed by atoms with Gasteiger partial charge in [-0.1, -0.05) is 0 Å². The third-order valence-corrected chi connectivity index (χ3v) is 4.45. The van der Waals surface area contributed by atoms with Crippen LogP contribution in [0, 0.1) is 5.92 Å². The van der Waals surface area contributed by atoms with Crippen LogP contribution in [0.4, 0.5) is 0 Å². The number of carbonyl (C=O) groups excluding carboxylic acids is 1. The number of tetrazole rings is 1. The molecule has 1 aliphatic carbocycles. The number of hydrogen-bond donors (Lipinski definition) is 2. The maximum absolute atomic E-state index is 12.3. The number of amides is 1. The van der Waals surface area contributed by atoms with Gasteiger partial charge in [0.25, 0.3) is 0 Å². The van der Waals surface area contributed by atoms with E-state index in [4.69, 9.17) is 0 Å². The van der Waals surface area contributed by atoms with E-state index >= 15 is 0 Å². The van der Waals surface area contributed by atoms with Crippen LogP contribution in [0.2, 0.25) is 0 Å². The van der Waals surface area contributed by atoms with Crippen LogP contribution in [-0.4, -0.2) is 48.4 Å². The van der Waals surface area contributed by atoms with Gasteiger partial charge >= 0.3 is 0 Å². The van der Waals surface area contributed by atoms with Crippen LogP contribution in [0.3, 0.4) is 0 Å². The lowest BCUT2D eigenvalue weighted by Crippen LogP contribution is -2.48. The zero-order chi connectivity index (χ0) is 16.8. The van der Waals surface area contributed by atoms with E-state index in [-0.39, 0.29) is 18.1 Å². The highest BCUT2D eigenvalue weighted by atomic mass is 16.3. The van der Waals surface area contributed by atoms with Gasteiger partial charge in [-0.15, -0.1) is 5.10 Å². The number of rotatable bonds is 8. The highest BCUT2D eigenvalue weighted by Gasteiger charge is 2.34. The number of pyridine rings is 1. The molecule has 1 saturated carbocycles. The van der Waals surface area contributed by atoms with Crippen molar-refractivity contribution in [2.75, 3.05) is 0 Å². The summed E-state index contributed by atoms with van der Waals surface area (Å²) in [5.74, 6) is 0.361. The summed E-state index contributed by atoms with van der Waals surface area (Å²) in [5.41, 5.74) is 1.14. The lowest BCUT2D eigenvalue weighted by atomic mass is 9.75. The second-order valence-corrected chi connectivity index (χ2v) is 6.30. The Morgan fingerprint density at radius 2 is 2.17 bits per heavy atom. The highest BCUT2D eigenvalue weighted by molar-refractivity contribution is 5.76. The number of nitrogens with one attached hydrogen (secondary N) is 1. The summed E-state index contributed by atoms with van der Waals surface area (Å²) >= 11 is 0. The Morgan fingerprint density at radius 3 is 2.83 bits per heavy atom. The van der Waals surface area contributed by atoms with E-state index in [9.17, 15) is 9.90 Å². The molecule has 0 spiro atoms. The van der Waals surface area contributed by atoms with Gasteiger partial charge in [0.05, 0.1) is 6.10 Å². The summed E-state index contributed by atoms with van der Waals surface area (Å²) in [6.45, 7) is 0.623. The van der Waals surface area contributed by atoms with Gasteiger partial charge in [-0.25, -0.2) is 4.68 Å². The lowest BCUT2D eigenvalue weighted by molar-refractivity contribution is -0.123. The average Bonchev–Trinajstić information content (AvgIpc) is 3.06. The molecule has 1 atom stereocenters. The smallest absolute Gasteiger partial charge is 0.220 e. The molecular formula is C16H22N6O2. The molecule has 1 amide bonds. The fraction of sp³-hybridized carbons (Fsp3) is 0.562. The van der Waals surface area contributed by atoms with Gasteiger partial charge in [0.2, 0.25) is 5.91 Å². The molecule has 8 heteroatoms. The van der Waals surface area contributed by atoms with Gasteiger partial charge in [-0.05, 0) is 59.7 Å². The number of carbonyl (C=O) groups is 1. The van der Waals surface area contributed by atoms with Crippen LogP contribution >= 0.6 is 0 Å². The molecule has 0 aromatic carbocycles. The number of hydrogen-bond acceptors (Lipinski definition) is 6. The van der Waals surface area contributed by atoms with Crippen LogP contribution in [0.25, 0.3) is 0 Å². The fourth-order valence-corrected chi connectivity index (χ4v) is 3.03. The van der Waals surface area contributed by atoms with Crippen molar-refractivity contribution < 1.29 is 9.90 Å². The van der Waals surface area contributed by atoms with Crippen molar-refractivity contribution in [3.8, 4) is 0 Å². The molecular weight excluding hydrogens is 308 g/mol. The Kier molecular flexibility index (Phi) is 5.47. The van der Waals surface area contributed by atoms with Gasteiger partial charge in [0.1, 0.15) is 6.33 Å². The van der Waals surface area contributed by atoms with Crippen molar-refractivity contribution >= 4 is 5.91 Å². The molecule has 1 fully saturated rings. The molecule has 0 aliphatic heterocycles. The van der Waals surface area contributed by atoms with Crippen molar-refractivity contribution in [1.29, 1.82) is 0 Å². The van der Waals surface area contributed by atoms with Crippen LogP contribution in [0.15, 0.2) is 30.9 Å². The fourth-order valence-electron chi connectivity index (χ4n) is 3.03. The highest BCUT2D eigenvalue weighted by Crippen LogP contribution is 2.31. The van der Waals surface area contributed by atoms with Crippen molar-refractivity contribution in [3.05, 3.63) is 36.4 Å². The first-order valence-corrected chi connectivity index (χ1v) is 8.28. The third kappa shape index (κ3) is 4.58. The molecule has 128 valence electrons. The molecule has 2 heterocycles. The first kappa shape index (κ1) is 16.5. The summed E-state index contributed by atoms with van der Waals surface area (Å²) in [7, 11) is 0. The maximum Gasteiger partial charge on any atom is 0.220 e. The quantitative estimate of drug-likeness (QED) is 0.723. The second-order valence-electron chi connectivity index (χ2n) is 6.30. The van der Waals surface area contributed by atoms with E-state index in [1.807, 2.05) is 12.1 Å². The minimum Gasteiger partial charge on any atom is -0.393 e. The van der Waals surface area contributed by atoms with E-state index in [0.29, 0.717) is 25.3 Å². The molecule has 24 heavy (non-hydrogen) atoms. The van der Waals surface area contributed by atoms with Crippen molar-refractivity contribution in [3.63, 3.8) is 0 Å². The van der Waals surface area contributed by atoms with E-state index in [2.05, 4.69) is 25.8 Å². The number of aryl methyl sites for hydroxylation is 1. The van der Waals surface area contributed by atoms with Gasteiger partial charge < -0.3 is 10.4 Å². The number of aromatic nitrogens is 5. The first-order chi connectivity index (χ1) is 11.7. The van der Waals surface area contributed by atoms with Crippen LogP contribution in [0.5, 0.6) is 0 Å². The van der Waals surface area contributed by atoms with Crippen LogP contribution in [0.1, 0.15) is 31.2 Å². The predicted molar refractivity (Wildman–Crippen MR) is 85.7 cm³/mol. The van der Waals surface area contributed by atoms with E-state index in [0.717, 1.165) is 24.8 Å². The number of aliphatic hydroxyl groups is 1. The Labute approximate surface area is 140 Å². The summed E-state index contributed by atoms with van der Waals surface area (Å²) in [6.07, 6.45) is 8.21. The van der Waals surface area contributed by atoms with E-state index in [1.165, 1.54) is 0 Å². The summed E-state index contributed by atoms with van der Waals surface area (Å²) in [4.78, 5) is 16.3. The molecule has 2 aromatic heterocycles. The minimum absolute atomic E-state index is 0.0310. The van der Waals surface area contributed by atoms with Crippen molar-refractivity contribution in [1.82, 2.24) is 30.5 Å². The minimum atomic E-state index is -0.230. The largest absolute Gasteiger partial charge is 0.393 e. The molecule has 3 rings (SSSR count). The number of aliphatic hydroxyl groups excluding tert-OH is 1. The summed E-state index contributed by atoms with van der Waals surface area (Å²) in [5, 5.41) is 23.6. The molecule has 1 unspecified atom stereocenters. The standard InChI is InChI=1S/C16H22N6O2/c23-14-9-13(10-14)15(8-12-3-5-17-6-4-12)19-16(24)2-1-7-22-11-18-20-21-22/h3-6,11,13-15,23H,1-2,7-10H2,(H,19,24). The SMILES string of the molecule is O=C(CCCn1cnnn1)NC(Cc1ccncc1)C1CC(O)C1. The van der Waals surface area contributed by atoms with Crippen molar-refractivity contribution in [2.24, 2.45) is 5.92 Å². The molecule has 0 saturated heterocycles. The maximum atomic E-state index is 12.3. The molecule has 8 nitrogen and oxygen atoms in total. The van der Waals surface area contributed by atoms with Gasteiger partial charge in [-0.2, -0.15) is 0 Å². The van der Waals surface area contributed by atoms with Gasteiger partial charge in [0.15, 0.2) is 0 Å². The second kappa shape index (κ2) is 7.96. The Hall–Kier alpha value is -2.35. The van der Waals surface area contributed by atoms with E-state index < -0.39 is 0 Å². The molecule has 0 bridgehead atoms. The van der Waals surface area contributed by atoms with E-state index in [1.54, 1.807) is 23.4 Å². The average molecular weight is 330 g/mol. The van der Waals surface area contributed by atoms with Crippen LogP contribution < -0.4 is 5.32 Å². The lowest BCUT2D eigenvalue weighted by Gasteiger charge is -2.38. The molecule has 1 aliphatic rings. The molecule has 2 aromatic rings. The molecule has 0 radical (unpaired) electrons.